The van der Waals surface area contributed by atoms with E-state index in [1.807, 2.05) is 0 Å². The number of benzene rings is 1. The van der Waals surface area contributed by atoms with Gasteiger partial charge in [-0.2, -0.15) is 8.75 Å². The average molecular weight is 201 g/mol. The Hall–Kier alpha value is -1.63. The van der Waals surface area contributed by atoms with Gasteiger partial charge < -0.3 is 5.73 Å². The molecule has 5 nitrogen and oxygen atoms in total. The van der Waals surface area contributed by atoms with Crippen molar-refractivity contribution in [2.75, 3.05) is 5.73 Å². The minimum Gasteiger partial charge on any atom is -0.397 e. The highest BCUT2D eigenvalue weighted by molar-refractivity contribution is 7.47. The van der Waals surface area contributed by atoms with E-state index in [9.17, 15) is 14.5 Å². The number of nitrogens with two attached hydrogens (primary N) is 1. The van der Waals surface area contributed by atoms with Crippen LogP contribution < -0.4 is 5.73 Å². The Labute approximate surface area is 77.7 Å². The fourth-order valence-electron chi connectivity index (χ4n) is 0.786. The van der Waals surface area contributed by atoms with E-state index in [0.717, 1.165) is 12.1 Å². The lowest BCUT2D eigenvalue weighted by molar-refractivity contribution is -0.387. The van der Waals surface area contributed by atoms with E-state index in [4.69, 9.17) is 5.73 Å². The predicted molar refractivity (Wildman–Crippen MR) is 46.9 cm³/mol. The summed E-state index contributed by atoms with van der Waals surface area (Å²) in [5.41, 5.74) is 4.64. The van der Waals surface area contributed by atoms with Gasteiger partial charge in [0.25, 0.3) is 0 Å². The van der Waals surface area contributed by atoms with E-state index in [1.54, 1.807) is 0 Å². The first-order valence-electron chi connectivity index (χ1n) is 3.13. The zero-order chi connectivity index (χ0) is 10.0. The van der Waals surface area contributed by atoms with Crippen LogP contribution in [0.2, 0.25) is 0 Å². The summed E-state index contributed by atoms with van der Waals surface area (Å²) >= 11 is 4.28. The molecule has 1 rings (SSSR count). The SMILES string of the molecule is Nc1cc([N+](=O)[O-])c(F)cc1N=S. The van der Waals surface area contributed by atoms with Gasteiger partial charge in [0.05, 0.1) is 10.6 Å². The fraction of sp³-hybridized carbons (Fsp3) is 0. The molecule has 0 aliphatic heterocycles. The monoisotopic (exact) mass is 201 g/mol. The highest BCUT2D eigenvalue weighted by atomic mass is 32.1. The summed E-state index contributed by atoms with van der Waals surface area (Å²) in [5, 5.41) is 10.2. The van der Waals surface area contributed by atoms with E-state index in [1.165, 1.54) is 0 Å². The second kappa shape index (κ2) is 3.40. The quantitative estimate of drug-likeness (QED) is 0.448. The van der Waals surface area contributed by atoms with Gasteiger partial charge in [0.1, 0.15) is 5.69 Å². The van der Waals surface area contributed by atoms with Gasteiger partial charge in [-0.15, -0.1) is 0 Å². The number of hydrogen-bond donors (Lipinski definition) is 1. The third kappa shape index (κ3) is 1.75. The Balaban J connectivity index is 3.36. The molecule has 0 bridgehead atoms. The van der Waals surface area contributed by atoms with Crippen LogP contribution in [-0.4, -0.2) is 4.92 Å². The smallest absolute Gasteiger partial charge is 0.307 e. The number of nitro benzene ring substituents is 1. The maximum atomic E-state index is 12.9. The number of nitro groups is 1. The number of nitrogen functional groups attached to an aromatic ring is 1. The number of anilines is 1. The number of hydrogen-bond acceptors (Lipinski definition) is 5. The summed E-state index contributed by atoms with van der Waals surface area (Å²) in [4.78, 5) is 9.36. The molecule has 0 amide bonds. The second-order valence-electron chi connectivity index (χ2n) is 2.21. The summed E-state index contributed by atoms with van der Waals surface area (Å²) in [7, 11) is 0. The standard InChI is InChI=1S/C6H4FN3O2S/c7-3-1-5(9-13)4(8)2-6(3)10(11)12/h1-2H,8H2. The van der Waals surface area contributed by atoms with Crippen molar-refractivity contribution in [1.29, 1.82) is 0 Å². The van der Waals surface area contributed by atoms with Gasteiger partial charge in [-0.3, -0.25) is 10.1 Å². The Kier molecular flexibility index (Phi) is 2.47. The van der Waals surface area contributed by atoms with Gasteiger partial charge >= 0.3 is 5.69 Å². The summed E-state index contributed by atoms with van der Waals surface area (Å²) in [6.45, 7) is 0. The normalized spacial score (nSPS) is 9.62. The van der Waals surface area contributed by atoms with Gasteiger partial charge in [-0.1, -0.05) is 0 Å². The van der Waals surface area contributed by atoms with Crippen LogP contribution in [0.15, 0.2) is 16.5 Å². The lowest BCUT2D eigenvalue weighted by Crippen LogP contribution is -1.95. The third-order valence-electron chi connectivity index (χ3n) is 1.39. The molecule has 68 valence electrons. The highest BCUT2D eigenvalue weighted by Crippen LogP contribution is 2.29. The van der Waals surface area contributed by atoms with Crippen LogP contribution in [0.3, 0.4) is 0 Å². The van der Waals surface area contributed by atoms with Crippen molar-refractivity contribution in [3.8, 4) is 0 Å². The molecule has 13 heavy (non-hydrogen) atoms. The first-order valence-corrected chi connectivity index (χ1v) is 3.49. The maximum Gasteiger partial charge on any atom is 0.307 e. The first-order chi connectivity index (χ1) is 6.06. The van der Waals surface area contributed by atoms with Gasteiger partial charge in [0.15, 0.2) is 0 Å². The molecule has 0 fully saturated rings. The molecule has 0 spiro atoms. The van der Waals surface area contributed by atoms with Gasteiger partial charge in [-0.25, -0.2) is 0 Å². The third-order valence-corrected chi connectivity index (χ3v) is 1.59. The van der Waals surface area contributed by atoms with Crippen molar-refractivity contribution in [2.45, 2.75) is 0 Å². The molecule has 0 unspecified atom stereocenters. The Morgan fingerprint density at radius 3 is 2.69 bits per heavy atom. The number of rotatable bonds is 2. The second-order valence-corrected chi connectivity index (χ2v) is 2.39. The van der Waals surface area contributed by atoms with Crippen molar-refractivity contribution in [2.24, 2.45) is 4.36 Å². The van der Waals surface area contributed by atoms with Crippen LogP contribution in [0.25, 0.3) is 0 Å². The Morgan fingerprint density at radius 1 is 1.62 bits per heavy atom. The molecule has 0 aliphatic rings. The zero-order valence-corrected chi connectivity index (χ0v) is 7.05. The van der Waals surface area contributed by atoms with Gasteiger partial charge in [-0.05, 0) is 0 Å². The molecule has 2 N–H and O–H groups in total. The minimum atomic E-state index is -0.997. The molecule has 0 radical (unpaired) electrons. The average Bonchev–Trinajstić information content (AvgIpc) is 2.07. The zero-order valence-electron chi connectivity index (χ0n) is 6.23. The Morgan fingerprint density at radius 2 is 2.23 bits per heavy atom. The number of nitrogens with zero attached hydrogens (tertiary/aromatic N) is 2. The lowest BCUT2D eigenvalue weighted by atomic mass is 10.2. The van der Waals surface area contributed by atoms with Crippen LogP contribution in [0.5, 0.6) is 0 Å². The minimum absolute atomic E-state index is 0.0110. The summed E-state index contributed by atoms with van der Waals surface area (Å²) in [6, 6.07) is 1.72. The molecule has 0 aromatic heterocycles. The molecule has 0 saturated carbocycles. The first kappa shape index (κ1) is 9.46. The van der Waals surface area contributed by atoms with Crippen molar-refractivity contribution in [1.82, 2.24) is 0 Å². The highest BCUT2D eigenvalue weighted by Gasteiger charge is 2.16. The van der Waals surface area contributed by atoms with E-state index in [-0.39, 0.29) is 11.4 Å². The van der Waals surface area contributed by atoms with Crippen LogP contribution >= 0.6 is 0 Å². The van der Waals surface area contributed by atoms with E-state index < -0.39 is 16.4 Å². The van der Waals surface area contributed by atoms with E-state index >= 15 is 0 Å². The van der Waals surface area contributed by atoms with Crippen LogP contribution in [0.4, 0.5) is 21.5 Å². The topological polar surface area (TPSA) is 81.5 Å². The number of halogens is 1. The summed E-state index contributed by atoms with van der Waals surface area (Å²) < 4.78 is 16.1. The van der Waals surface area contributed by atoms with Crippen LogP contribution in [0, 0.1) is 15.9 Å². The largest absolute Gasteiger partial charge is 0.397 e. The van der Waals surface area contributed by atoms with E-state index in [0.29, 0.717) is 0 Å². The molecular weight excluding hydrogens is 197 g/mol. The molecule has 0 saturated heterocycles. The van der Waals surface area contributed by atoms with Crippen LogP contribution in [0.1, 0.15) is 0 Å². The fourth-order valence-corrected chi connectivity index (χ4v) is 0.945. The predicted octanol–water partition coefficient (Wildman–Crippen LogP) is 1.68. The summed E-state index contributed by atoms with van der Waals surface area (Å²) in [5.74, 6) is -0.997. The van der Waals surface area contributed by atoms with Crippen molar-refractivity contribution in [3.05, 3.63) is 28.1 Å². The summed E-state index contributed by atoms with van der Waals surface area (Å²) in [6.07, 6.45) is 0. The molecule has 1 aromatic rings. The van der Waals surface area contributed by atoms with Crippen molar-refractivity contribution >= 4 is 29.5 Å². The van der Waals surface area contributed by atoms with E-state index in [2.05, 4.69) is 16.8 Å². The van der Waals surface area contributed by atoms with Crippen LogP contribution in [-0.2, 0) is 12.4 Å². The Bertz CT molecular complexity index is 382. The van der Waals surface area contributed by atoms with Crippen molar-refractivity contribution in [3.63, 3.8) is 0 Å². The molecule has 0 atom stereocenters. The van der Waals surface area contributed by atoms with Gasteiger partial charge in [0, 0.05) is 24.6 Å². The molecule has 0 heterocycles. The molecule has 0 aliphatic carbocycles. The molecule has 7 heteroatoms. The maximum absolute atomic E-state index is 12.9. The van der Waals surface area contributed by atoms with Gasteiger partial charge in [0.2, 0.25) is 5.82 Å². The molecule has 1 aromatic carbocycles. The van der Waals surface area contributed by atoms with Crippen molar-refractivity contribution < 1.29 is 9.31 Å². The molecular formula is C6H4FN3O2S. The lowest BCUT2D eigenvalue weighted by Gasteiger charge is -1.98.